The van der Waals surface area contributed by atoms with Gasteiger partial charge in [0.1, 0.15) is 5.76 Å². The number of aliphatic hydroxyl groups is 1. The highest BCUT2D eigenvalue weighted by Crippen LogP contribution is 2.36. The summed E-state index contributed by atoms with van der Waals surface area (Å²) in [5.41, 5.74) is -0.0370. The van der Waals surface area contributed by atoms with Crippen LogP contribution in [-0.4, -0.2) is 23.0 Å². The molecular formula is C15H9F5O2. The third-order valence-electron chi connectivity index (χ3n) is 2.98. The Morgan fingerprint density at radius 3 is 2.14 bits per heavy atom. The van der Waals surface area contributed by atoms with Crippen LogP contribution in [0.2, 0.25) is 0 Å². The maximum absolute atomic E-state index is 12.8. The average Bonchev–Trinajstić information content (AvgIpc) is 2.45. The standard InChI is InChI=1S/C15H9F5O2/c16-14(17,15(18,19)20)13(22)8-12(21)11-6-5-9-3-1-2-4-10(9)7-11/h1-8,21H/b12-8-. The first-order valence-corrected chi connectivity index (χ1v) is 6.02. The third-order valence-corrected chi connectivity index (χ3v) is 2.98. The van der Waals surface area contributed by atoms with Crippen LogP contribution in [0.5, 0.6) is 0 Å². The van der Waals surface area contributed by atoms with E-state index in [1.807, 2.05) is 0 Å². The minimum Gasteiger partial charge on any atom is -0.507 e. The SMILES string of the molecule is O=C(/C=C(\O)c1ccc2ccccc2c1)C(F)(F)C(F)(F)F. The van der Waals surface area contributed by atoms with Crippen molar-refractivity contribution in [3.05, 3.63) is 54.1 Å². The van der Waals surface area contributed by atoms with Crippen molar-refractivity contribution in [3.63, 3.8) is 0 Å². The van der Waals surface area contributed by atoms with Gasteiger partial charge in [0.2, 0.25) is 5.78 Å². The van der Waals surface area contributed by atoms with Crippen LogP contribution in [0, 0.1) is 0 Å². The van der Waals surface area contributed by atoms with Gasteiger partial charge < -0.3 is 5.11 Å². The second-order valence-electron chi connectivity index (χ2n) is 4.53. The molecule has 0 aliphatic heterocycles. The molecule has 0 unspecified atom stereocenters. The summed E-state index contributed by atoms with van der Waals surface area (Å²) < 4.78 is 61.8. The minimum absolute atomic E-state index is 0.0370. The molecule has 0 bridgehead atoms. The molecule has 0 aliphatic carbocycles. The molecule has 0 saturated heterocycles. The monoisotopic (exact) mass is 316 g/mol. The molecule has 0 saturated carbocycles. The molecule has 22 heavy (non-hydrogen) atoms. The van der Waals surface area contributed by atoms with E-state index in [0.29, 0.717) is 5.39 Å². The maximum atomic E-state index is 12.8. The van der Waals surface area contributed by atoms with Gasteiger partial charge in [-0.05, 0) is 16.8 Å². The smallest absolute Gasteiger partial charge is 0.461 e. The van der Waals surface area contributed by atoms with Gasteiger partial charge in [0.15, 0.2) is 0 Å². The van der Waals surface area contributed by atoms with E-state index in [2.05, 4.69) is 0 Å². The topological polar surface area (TPSA) is 37.3 Å². The first-order valence-electron chi connectivity index (χ1n) is 6.02. The fraction of sp³-hybridized carbons (Fsp3) is 0.133. The lowest BCUT2D eigenvalue weighted by molar-refractivity contribution is -0.266. The number of carbonyl (C=O) groups excluding carboxylic acids is 1. The molecular weight excluding hydrogens is 307 g/mol. The molecule has 0 atom stereocenters. The molecule has 2 nitrogen and oxygen atoms in total. The molecule has 0 radical (unpaired) electrons. The minimum atomic E-state index is -6.01. The zero-order valence-electron chi connectivity index (χ0n) is 10.9. The molecule has 0 aromatic heterocycles. The van der Waals surface area contributed by atoms with E-state index in [1.165, 1.54) is 12.1 Å². The summed E-state index contributed by atoms with van der Waals surface area (Å²) in [7, 11) is 0. The van der Waals surface area contributed by atoms with E-state index in [9.17, 15) is 31.9 Å². The van der Waals surface area contributed by atoms with E-state index < -0.39 is 23.6 Å². The molecule has 0 aliphatic rings. The quantitative estimate of drug-likeness (QED) is 0.514. The van der Waals surface area contributed by atoms with Gasteiger partial charge in [-0.3, -0.25) is 4.79 Å². The normalized spacial score (nSPS) is 13.4. The lowest BCUT2D eigenvalue weighted by atomic mass is 10.0. The number of halogens is 5. The zero-order chi connectivity index (χ0) is 16.5. The molecule has 2 aromatic carbocycles. The van der Waals surface area contributed by atoms with Crippen LogP contribution >= 0.6 is 0 Å². The van der Waals surface area contributed by atoms with Crippen molar-refractivity contribution < 1.29 is 31.9 Å². The largest absolute Gasteiger partial charge is 0.507 e. The summed E-state index contributed by atoms with van der Waals surface area (Å²) in [4.78, 5) is 11.1. The van der Waals surface area contributed by atoms with Gasteiger partial charge in [0.25, 0.3) is 0 Å². The molecule has 116 valence electrons. The van der Waals surface area contributed by atoms with Crippen molar-refractivity contribution in [3.8, 4) is 0 Å². The van der Waals surface area contributed by atoms with Crippen LogP contribution in [-0.2, 0) is 4.79 Å². The van der Waals surface area contributed by atoms with E-state index in [-0.39, 0.29) is 11.6 Å². The summed E-state index contributed by atoms with van der Waals surface area (Å²) >= 11 is 0. The summed E-state index contributed by atoms with van der Waals surface area (Å²) in [5, 5.41) is 11.0. The second kappa shape index (κ2) is 5.40. The number of ketones is 1. The highest BCUT2D eigenvalue weighted by Gasteiger charge is 2.62. The van der Waals surface area contributed by atoms with Gasteiger partial charge in [-0.1, -0.05) is 36.4 Å². The zero-order valence-corrected chi connectivity index (χ0v) is 10.9. The second-order valence-corrected chi connectivity index (χ2v) is 4.53. The van der Waals surface area contributed by atoms with Crippen molar-refractivity contribution in [1.29, 1.82) is 0 Å². The molecule has 0 amide bonds. The predicted octanol–water partition coefficient (Wildman–Crippen LogP) is 4.51. The fourth-order valence-electron chi connectivity index (χ4n) is 1.79. The van der Waals surface area contributed by atoms with Crippen molar-refractivity contribution in [2.24, 2.45) is 0 Å². The van der Waals surface area contributed by atoms with Gasteiger partial charge in [-0.25, -0.2) is 0 Å². The van der Waals surface area contributed by atoms with Gasteiger partial charge in [-0.2, -0.15) is 22.0 Å². The van der Waals surface area contributed by atoms with E-state index in [1.54, 1.807) is 30.3 Å². The summed E-state index contributed by atoms with van der Waals surface area (Å²) in [6.45, 7) is 0. The predicted molar refractivity (Wildman–Crippen MR) is 70.6 cm³/mol. The summed E-state index contributed by atoms with van der Waals surface area (Å²) in [5.74, 6) is -9.02. The van der Waals surface area contributed by atoms with Gasteiger partial charge in [0, 0.05) is 11.6 Å². The van der Waals surface area contributed by atoms with Gasteiger partial charge in [0.05, 0.1) is 0 Å². The average molecular weight is 316 g/mol. The van der Waals surface area contributed by atoms with E-state index >= 15 is 0 Å². The van der Waals surface area contributed by atoms with Crippen molar-refractivity contribution >= 4 is 22.3 Å². The molecule has 2 rings (SSSR count). The molecule has 7 heteroatoms. The van der Waals surface area contributed by atoms with Crippen LogP contribution in [0.15, 0.2) is 48.5 Å². The van der Waals surface area contributed by atoms with Gasteiger partial charge in [-0.15, -0.1) is 0 Å². The molecule has 1 N–H and O–H groups in total. The highest BCUT2D eigenvalue weighted by molar-refractivity contribution is 6.01. The van der Waals surface area contributed by atoms with Gasteiger partial charge >= 0.3 is 12.1 Å². The van der Waals surface area contributed by atoms with Crippen LogP contribution in [0.25, 0.3) is 16.5 Å². The van der Waals surface area contributed by atoms with Crippen LogP contribution < -0.4 is 0 Å². The Bertz CT molecular complexity index is 747. The van der Waals surface area contributed by atoms with E-state index in [4.69, 9.17) is 0 Å². The fourth-order valence-corrected chi connectivity index (χ4v) is 1.79. The number of hydrogen-bond donors (Lipinski definition) is 1. The van der Waals surface area contributed by atoms with Crippen molar-refractivity contribution in [1.82, 2.24) is 0 Å². The third kappa shape index (κ3) is 2.93. The van der Waals surface area contributed by atoms with Crippen molar-refractivity contribution in [2.45, 2.75) is 12.1 Å². The molecule has 0 heterocycles. The Balaban J connectivity index is 2.37. The molecule has 2 aromatic rings. The maximum Gasteiger partial charge on any atom is 0.461 e. The van der Waals surface area contributed by atoms with Crippen LogP contribution in [0.3, 0.4) is 0 Å². The number of fused-ring (bicyclic) bond motifs is 1. The van der Waals surface area contributed by atoms with Crippen molar-refractivity contribution in [2.75, 3.05) is 0 Å². The van der Waals surface area contributed by atoms with Crippen LogP contribution in [0.1, 0.15) is 5.56 Å². The number of aliphatic hydroxyl groups excluding tert-OH is 1. The Morgan fingerprint density at radius 1 is 0.955 bits per heavy atom. The van der Waals surface area contributed by atoms with E-state index in [0.717, 1.165) is 5.39 Å². The first-order chi connectivity index (χ1) is 10.1. The summed E-state index contributed by atoms with van der Waals surface area (Å²) in [6.07, 6.45) is -6.12. The lowest BCUT2D eigenvalue weighted by Crippen LogP contribution is -2.43. The Labute approximate surface area is 121 Å². The number of alkyl halides is 5. The first kappa shape index (κ1) is 15.9. The Kier molecular flexibility index (Phi) is 3.91. The Morgan fingerprint density at radius 2 is 1.55 bits per heavy atom. The highest BCUT2D eigenvalue weighted by atomic mass is 19.4. The lowest BCUT2D eigenvalue weighted by Gasteiger charge is -2.16. The number of allylic oxidation sites excluding steroid dienone is 1. The number of benzene rings is 2. The molecule has 0 fully saturated rings. The van der Waals surface area contributed by atoms with Crippen LogP contribution in [0.4, 0.5) is 22.0 Å². The molecule has 0 spiro atoms. The summed E-state index contributed by atoms with van der Waals surface area (Å²) in [6, 6.07) is 11.1. The number of carbonyl (C=O) groups is 1. The Hall–Kier alpha value is -2.44. The number of hydrogen-bond acceptors (Lipinski definition) is 2. The number of rotatable bonds is 3.